The molecule has 1 unspecified atom stereocenters. The highest BCUT2D eigenvalue weighted by Gasteiger charge is 2.31. The highest BCUT2D eigenvalue weighted by molar-refractivity contribution is 5.32. The lowest BCUT2D eigenvalue weighted by Crippen LogP contribution is -2.33. The Morgan fingerprint density at radius 1 is 1.24 bits per heavy atom. The number of rotatable bonds is 4. The molecule has 0 radical (unpaired) electrons. The maximum absolute atomic E-state index is 13.1. The minimum absolute atomic E-state index is 0.0981. The summed E-state index contributed by atoms with van der Waals surface area (Å²) < 4.78 is 46.4. The van der Waals surface area contributed by atoms with Gasteiger partial charge in [-0.2, -0.15) is 23.5 Å². The highest BCUT2D eigenvalue weighted by Crippen LogP contribution is 2.33. The van der Waals surface area contributed by atoms with E-state index in [0.29, 0.717) is 13.2 Å². The molecule has 0 bridgehead atoms. The zero-order chi connectivity index (χ0) is 20.4. The quantitative estimate of drug-likeness (QED) is 0.773. The van der Waals surface area contributed by atoms with Crippen LogP contribution in [-0.4, -0.2) is 39.4 Å². The SMILES string of the molecule is N#CC1CCN(Cc2cn(-c3cc(C(F)(F)F)ccn3)nc2C2CCCO2)CC1. The van der Waals surface area contributed by atoms with Crippen molar-refractivity contribution in [3.8, 4) is 11.9 Å². The lowest BCUT2D eigenvalue weighted by molar-refractivity contribution is -0.137. The third kappa shape index (κ3) is 4.43. The van der Waals surface area contributed by atoms with E-state index in [1.165, 1.54) is 4.68 Å². The van der Waals surface area contributed by atoms with E-state index in [2.05, 4.69) is 21.1 Å². The summed E-state index contributed by atoms with van der Waals surface area (Å²) in [5.41, 5.74) is 0.951. The average Bonchev–Trinajstić information content (AvgIpc) is 3.38. The summed E-state index contributed by atoms with van der Waals surface area (Å²) in [7, 11) is 0. The highest BCUT2D eigenvalue weighted by atomic mass is 19.4. The van der Waals surface area contributed by atoms with Gasteiger partial charge in [-0.1, -0.05) is 0 Å². The third-order valence-corrected chi connectivity index (χ3v) is 5.53. The van der Waals surface area contributed by atoms with Gasteiger partial charge in [-0.25, -0.2) is 9.67 Å². The normalized spacial score (nSPS) is 21.4. The second kappa shape index (κ2) is 8.13. The fraction of sp³-hybridized carbons (Fsp3) is 0.550. The zero-order valence-electron chi connectivity index (χ0n) is 15.9. The van der Waals surface area contributed by atoms with E-state index in [1.807, 2.05) is 0 Å². The smallest absolute Gasteiger partial charge is 0.372 e. The summed E-state index contributed by atoms with van der Waals surface area (Å²) in [4.78, 5) is 6.34. The number of hydrogen-bond acceptors (Lipinski definition) is 5. The lowest BCUT2D eigenvalue weighted by atomic mass is 9.98. The molecule has 29 heavy (non-hydrogen) atoms. The molecule has 2 aromatic rings. The van der Waals surface area contributed by atoms with Crippen molar-refractivity contribution >= 4 is 0 Å². The first-order valence-corrected chi connectivity index (χ1v) is 9.79. The molecule has 2 fully saturated rings. The molecule has 0 aromatic carbocycles. The van der Waals surface area contributed by atoms with Crippen LogP contribution in [0.2, 0.25) is 0 Å². The van der Waals surface area contributed by atoms with Gasteiger partial charge in [0.2, 0.25) is 0 Å². The summed E-state index contributed by atoms with van der Waals surface area (Å²) in [6.45, 7) is 2.92. The molecule has 2 aromatic heterocycles. The Bertz CT molecular complexity index is 890. The number of ether oxygens (including phenoxy) is 1. The largest absolute Gasteiger partial charge is 0.416 e. The number of hydrogen-bond donors (Lipinski definition) is 0. The van der Waals surface area contributed by atoms with Crippen LogP contribution >= 0.6 is 0 Å². The molecule has 6 nitrogen and oxygen atoms in total. The Hall–Kier alpha value is -2.44. The number of piperidine rings is 1. The second-order valence-electron chi connectivity index (χ2n) is 7.57. The Labute approximate surface area is 166 Å². The first-order valence-electron chi connectivity index (χ1n) is 9.79. The molecule has 0 N–H and O–H groups in total. The summed E-state index contributed by atoms with van der Waals surface area (Å²) in [5.74, 6) is 0.231. The third-order valence-electron chi connectivity index (χ3n) is 5.53. The number of likely N-dealkylation sites (tertiary alicyclic amines) is 1. The Morgan fingerprint density at radius 3 is 2.69 bits per heavy atom. The van der Waals surface area contributed by atoms with Gasteiger partial charge in [0, 0.05) is 37.0 Å². The molecular formula is C20H22F3N5O. The molecule has 0 spiro atoms. The van der Waals surface area contributed by atoms with Crippen LogP contribution in [0.1, 0.15) is 48.6 Å². The summed E-state index contributed by atoms with van der Waals surface area (Å²) in [6.07, 6.45) is 1.77. The summed E-state index contributed by atoms with van der Waals surface area (Å²) in [5, 5.41) is 13.6. The minimum atomic E-state index is -4.43. The van der Waals surface area contributed by atoms with Crippen molar-refractivity contribution in [1.82, 2.24) is 19.7 Å². The topological polar surface area (TPSA) is 67.0 Å². The average molecular weight is 405 g/mol. The molecule has 0 amide bonds. The number of halogens is 3. The number of alkyl halides is 3. The van der Waals surface area contributed by atoms with Crippen LogP contribution in [0.5, 0.6) is 0 Å². The monoisotopic (exact) mass is 405 g/mol. The number of pyridine rings is 1. The molecule has 1 atom stereocenters. The van der Waals surface area contributed by atoms with E-state index in [9.17, 15) is 13.2 Å². The van der Waals surface area contributed by atoms with Crippen LogP contribution in [0, 0.1) is 17.2 Å². The van der Waals surface area contributed by atoms with Crippen molar-refractivity contribution < 1.29 is 17.9 Å². The van der Waals surface area contributed by atoms with Gasteiger partial charge in [-0.15, -0.1) is 0 Å². The lowest BCUT2D eigenvalue weighted by Gasteiger charge is -2.29. The van der Waals surface area contributed by atoms with E-state index in [1.54, 1.807) is 6.20 Å². The summed E-state index contributed by atoms with van der Waals surface area (Å²) in [6, 6.07) is 4.29. The summed E-state index contributed by atoms with van der Waals surface area (Å²) >= 11 is 0. The molecule has 0 saturated carbocycles. The van der Waals surface area contributed by atoms with Crippen molar-refractivity contribution in [3.05, 3.63) is 41.3 Å². The van der Waals surface area contributed by atoms with E-state index >= 15 is 0 Å². The van der Waals surface area contributed by atoms with Crippen molar-refractivity contribution in [2.75, 3.05) is 19.7 Å². The van der Waals surface area contributed by atoms with E-state index in [-0.39, 0.29) is 17.8 Å². The van der Waals surface area contributed by atoms with Crippen molar-refractivity contribution in [3.63, 3.8) is 0 Å². The maximum Gasteiger partial charge on any atom is 0.416 e. The minimum Gasteiger partial charge on any atom is -0.372 e. The number of nitrogens with zero attached hydrogens (tertiary/aromatic N) is 5. The van der Waals surface area contributed by atoms with Gasteiger partial charge >= 0.3 is 6.18 Å². The van der Waals surface area contributed by atoms with Gasteiger partial charge in [0.1, 0.15) is 6.10 Å². The van der Waals surface area contributed by atoms with Crippen LogP contribution in [0.3, 0.4) is 0 Å². The number of nitriles is 1. The van der Waals surface area contributed by atoms with Crippen LogP contribution in [-0.2, 0) is 17.5 Å². The fourth-order valence-electron chi connectivity index (χ4n) is 3.91. The van der Waals surface area contributed by atoms with Crippen LogP contribution in [0.4, 0.5) is 13.2 Å². The zero-order valence-corrected chi connectivity index (χ0v) is 15.9. The molecule has 2 saturated heterocycles. The molecule has 9 heteroatoms. The first kappa shape index (κ1) is 19.9. The van der Waals surface area contributed by atoms with Gasteiger partial charge in [0.15, 0.2) is 5.82 Å². The Balaban J connectivity index is 1.61. The number of aromatic nitrogens is 3. The molecular weight excluding hydrogens is 383 g/mol. The van der Waals surface area contributed by atoms with Crippen molar-refractivity contribution in [2.24, 2.45) is 5.92 Å². The van der Waals surface area contributed by atoms with Crippen LogP contribution < -0.4 is 0 Å². The van der Waals surface area contributed by atoms with E-state index in [4.69, 9.17) is 10.00 Å². The fourth-order valence-corrected chi connectivity index (χ4v) is 3.91. The van der Waals surface area contributed by atoms with Crippen molar-refractivity contribution in [1.29, 1.82) is 5.26 Å². The van der Waals surface area contributed by atoms with Gasteiger partial charge in [-0.05, 0) is 50.9 Å². The van der Waals surface area contributed by atoms with Gasteiger partial charge in [0.25, 0.3) is 0 Å². The van der Waals surface area contributed by atoms with Crippen LogP contribution in [0.25, 0.3) is 5.82 Å². The molecule has 4 rings (SSSR count). The van der Waals surface area contributed by atoms with Crippen LogP contribution in [0.15, 0.2) is 24.5 Å². The van der Waals surface area contributed by atoms with E-state index in [0.717, 1.165) is 68.4 Å². The van der Waals surface area contributed by atoms with Crippen molar-refractivity contribution in [2.45, 2.75) is 44.5 Å². The predicted molar refractivity (Wildman–Crippen MR) is 97.9 cm³/mol. The van der Waals surface area contributed by atoms with Gasteiger partial charge in [-0.3, -0.25) is 4.90 Å². The standard InChI is InChI=1S/C20H22F3N5O/c21-20(22,23)16-3-6-25-18(10-16)28-13-15(19(26-28)17-2-1-9-29-17)12-27-7-4-14(11-24)5-8-27/h3,6,10,13-14,17H,1-2,4-5,7-9,12H2. The molecule has 154 valence electrons. The van der Waals surface area contributed by atoms with Gasteiger partial charge < -0.3 is 4.74 Å². The molecule has 0 aliphatic carbocycles. The molecule has 2 aliphatic rings. The molecule has 4 heterocycles. The predicted octanol–water partition coefficient (Wildman–Crippen LogP) is 3.87. The maximum atomic E-state index is 13.1. The Kier molecular flexibility index (Phi) is 5.56. The van der Waals surface area contributed by atoms with E-state index < -0.39 is 11.7 Å². The first-order chi connectivity index (χ1) is 13.9. The second-order valence-corrected chi connectivity index (χ2v) is 7.57. The van der Waals surface area contributed by atoms with Gasteiger partial charge in [0.05, 0.1) is 17.3 Å². The molecule has 2 aliphatic heterocycles. The Morgan fingerprint density at radius 2 is 2.03 bits per heavy atom.